The summed E-state index contributed by atoms with van der Waals surface area (Å²) in [6, 6.07) is 6.05. The third-order valence-corrected chi connectivity index (χ3v) is 3.36. The largest absolute Gasteiger partial charge is 0.493 e. The van der Waals surface area contributed by atoms with Gasteiger partial charge in [-0.3, -0.25) is 4.90 Å². The summed E-state index contributed by atoms with van der Waals surface area (Å²) in [4.78, 5) is 2.25. The maximum absolute atomic E-state index is 5.34. The van der Waals surface area contributed by atoms with Gasteiger partial charge in [0.15, 0.2) is 11.5 Å². The van der Waals surface area contributed by atoms with Crippen LogP contribution in [0.15, 0.2) is 24.3 Å². The molecule has 0 aromatic heterocycles. The minimum atomic E-state index is 0.718. The van der Waals surface area contributed by atoms with Crippen LogP contribution in [-0.4, -0.2) is 38.8 Å². The van der Waals surface area contributed by atoms with Crippen molar-refractivity contribution in [2.24, 2.45) is 0 Å². The van der Waals surface area contributed by atoms with Gasteiger partial charge in [0.1, 0.15) is 0 Å². The van der Waals surface area contributed by atoms with Gasteiger partial charge < -0.3 is 9.47 Å². The van der Waals surface area contributed by atoms with Crippen LogP contribution >= 0.6 is 0 Å². The molecule has 3 heteroatoms. The first kappa shape index (κ1) is 13.5. The van der Waals surface area contributed by atoms with Crippen LogP contribution < -0.4 is 9.47 Å². The Bertz CT molecular complexity index is 514. The van der Waals surface area contributed by atoms with Gasteiger partial charge in [-0.2, -0.15) is 0 Å². The maximum Gasteiger partial charge on any atom is 0.161 e. The summed E-state index contributed by atoms with van der Waals surface area (Å²) < 4.78 is 10.6. The van der Waals surface area contributed by atoms with Gasteiger partial charge in [0.2, 0.25) is 0 Å². The molecule has 1 aliphatic rings. The van der Waals surface area contributed by atoms with Crippen LogP contribution in [0, 0.1) is 12.3 Å². The van der Waals surface area contributed by atoms with Gasteiger partial charge in [-0.05, 0) is 29.7 Å². The van der Waals surface area contributed by atoms with Crippen molar-refractivity contribution in [2.75, 3.05) is 33.9 Å². The van der Waals surface area contributed by atoms with Crippen LogP contribution in [-0.2, 0) is 0 Å². The fourth-order valence-electron chi connectivity index (χ4n) is 2.28. The smallest absolute Gasteiger partial charge is 0.161 e. The molecule has 0 amide bonds. The monoisotopic (exact) mass is 257 g/mol. The molecule has 19 heavy (non-hydrogen) atoms. The average Bonchev–Trinajstić information content (AvgIpc) is 2.47. The molecule has 0 spiro atoms. The van der Waals surface area contributed by atoms with Crippen molar-refractivity contribution in [3.8, 4) is 23.8 Å². The summed E-state index contributed by atoms with van der Waals surface area (Å²) in [5.41, 5.74) is 2.53. The van der Waals surface area contributed by atoms with E-state index in [1.807, 2.05) is 12.1 Å². The lowest BCUT2D eigenvalue weighted by molar-refractivity contribution is 0.339. The van der Waals surface area contributed by atoms with E-state index in [1.165, 1.54) is 11.1 Å². The highest BCUT2D eigenvalue weighted by Crippen LogP contribution is 2.32. The second kappa shape index (κ2) is 6.31. The first-order valence-corrected chi connectivity index (χ1v) is 6.35. The molecule has 1 aromatic rings. The Morgan fingerprint density at radius 1 is 1.26 bits per heavy atom. The predicted molar refractivity (Wildman–Crippen MR) is 77.4 cm³/mol. The molecule has 0 N–H and O–H groups in total. The zero-order valence-electron chi connectivity index (χ0n) is 11.5. The van der Waals surface area contributed by atoms with Crippen molar-refractivity contribution in [1.29, 1.82) is 0 Å². The van der Waals surface area contributed by atoms with Gasteiger partial charge in [-0.25, -0.2) is 0 Å². The van der Waals surface area contributed by atoms with Crippen molar-refractivity contribution >= 4 is 5.57 Å². The molecule has 0 bridgehead atoms. The molecular formula is C16H19NO2. The summed E-state index contributed by atoms with van der Waals surface area (Å²) in [5, 5.41) is 0. The normalized spacial score (nSPS) is 15.5. The molecule has 0 fully saturated rings. The molecule has 100 valence electrons. The summed E-state index contributed by atoms with van der Waals surface area (Å²) in [6.45, 7) is 2.63. The Labute approximate surface area is 114 Å². The summed E-state index contributed by atoms with van der Waals surface area (Å²) in [7, 11) is 3.31. The molecule has 1 heterocycles. The Kier molecular flexibility index (Phi) is 4.48. The lowest BCUT2D eigenvalue weighted by Gasteiger charge is -2.24. The van der Waals surface area contributed by atoms with E-state index in [0.29, 0.717) is 0 Å². The van der Waals surface area contributed by atoms with Crippen LogP contribution in [0.3, 0.4) is 0 Å². The average molecular weight is 257 g/mol. The van der Waals surface area contributed by atoms with Gasteiger partial charge >= 0.3 is 0 Å². The number of hydrogen-bond acceptors (Lipinski definition) is 3. The fraction of sp³-hybridized carbons (Fsp3) is 0.375. The predicted octanol–water partition coefficient (Wildman–Crippen LogP) is 2.43. The molecule has 1 aromatic carbocycles. The molecule has 1 aliphatic heterocycles. The molecule has 3 nitrogen and oxygen atoms in total. The van der Waals surface area contributed by atoms with Gasteiger partial charge in [-0.1, -0.05) is 18.1 Å². The number of rotatable bonds is 4. The second-order valence-electron chi connectivity index (χ2n) is 4.49. The molecule has 0 radical (unpaired) electrons. The van der Waals surface area contributed by atoms with E-state index in [2.05, 4.69) is 23.0 Å². The standard InChI is InChI=1S/C16H19NO2/c1-4-9-17-10-7-13(8-11-17)14-5-6-15(18-2)16(12-14)19-3/h1,5-7,12H,8-11H2,2-3H3. The van der Waals surface area contributed by atoms with Crippen LogP contribution in [0.2, 0.25) is 0 Å². The molecule has 0 atom stereocenters. The van der Waals surface area contributed by atoms with Crippen LogP contribution in [0.1, 0.15) is 12.0 Å². The van der Waals surface area contributed by atoms with Crippen molar-refractivity contribution in [2.45, 2.75) is 6.42 Å². The Balaban J connectivity index is 2.17. The van der Waals surface area contributed by atoms with E-state index in [0.717, 1.165) is 37.6 Å². The van der Waals surface area contributed by atoms with Crippen LogP contribution in [0.5, 0.6) is 11.5 Å². The number of hydrogen-bond donors (Lipinski definition) is 0. The first-order chi connectivity index (χ1) is 9.28. The second-order valence-corrected chi connectivity index (χ2v) is 4.49. The minimum Gasteiger partial charge on any atom is -0.493 e. The molecular weight excluding hydrogens is 238 g/mol. The minimum absolute atomic E-state index is 0.718. The maximum atomic E-state index is 5.34. The van der Waals surface area contributed by atoms with Crippen molar-refractivity contribution in [3.63, 3.8) is 0 Å². The fourth-order valence-corrected chi connectivity index (χ4v) is 2.28. The van der Waals surface area contributed by atoms with Crippen molar-refractivity contribution in [3.05, 3.63) is 29.8 Å². The Hall–Kier alpha value is -1.92. The number of methoxy groups -OCH3 is 2. The van der Waals surface area contributed by atoms with E-state index in [9.17, 15) is 0 Å². The third kappa shape index (κ3) is 3.10. The Morgan fingerprint density at radius 3 is 2.63 bits per heavy atom. The molecule has 2 rings (SSSR count). The van der Waals surface area contributed by atoms with Crippen LogP contribution in [0.25, 0.3) is 5.57 Å². The first-order valence-electron chi connectivity index (χ1n) is 6.35. The van der Waals surface area contributed by atoms with E-state index < -0.39 is 0 Å². The molecule has 0 saturated heterocycles. The highest BCUT2D eigenvalue weighted by Gasteiger charge is 2.13. The van der Waals surface area contributed by atoms with Gasteiger partial charge in [0.05, 0.1) is 20.8 Å². The Morgan fingerprint density at radius 2 is 2.05 bits per heavy atom. The zero-order chi connectivity index (χ0) is 13.7. The lowest BCUT2D eigenvalue weighted by Crippen LogP contribution is -2.28. The zero-order valence-corrected chi connectivity index (χ0v) is 11.5. The van der Waals surface area contributed by atoms with Gasteiger partial charge in [0.25, 0.3) is 0 Å². The summed E-state index contributed by atoms with van der Waals surface area (Å²) in [6.07, 6.45) is 8.58. The van der Waals surface area contributed by atoms with Crippen LogP contribution in [0.4, 0.5) is 0 Å². The van der Waals surface area contributed by atoms with E-state index in [-0.39, 0.29) is 0 Å². The lowest BCUT2D eigenvalue weighted by atomic mass is 9.99. The summed E-state index contributed by atoms with van der Waals surface area (Å²) >= 11 is 0. The van der Waals surface area contributed by atoms with E-state index in [1.54, 1.807) is 14.2 Å². The highest BCUT2D eigenvalue weighted by atomic mass is 16.5. The van der Waals surface area contributed by atoms with E-state index >= 15 is 0 Å². The number of ether oxygens (including phenoxy) is 2. The number of benzene rings is 1. The summed E-state index contributed by atoms with van der Waals surface area (Å²) in [5.74, 6) is 4.22. The molecule has 0 aliphatic carbocycles. The molecule has 0 unspecified atom stereocenters. The topological polar surface area (TPSA) is 21.7 Å². The quantitative estimate of drug-likeness (QED) is 0.773. The van der Waals surface area contributed by atoms with Crippen molar-refractivity contribution < 1.29 is 9.47 Å². The van der Waals surface area contributed by atoms with Gasteiger partial charge in [0, 0.05) is 13.1 Å². The SMILES string of the molecule is C#CCN1CC=C(c2ccc(OC)c(OC)c2)CC1. The van der Waals surface area contributed by atoms with E-state index in [4.69, 9.17) is 15.9 Å². The number of nitrogens with zero attached hydrogens (tertiary/aromatic N) is 1. The molecule has 0 saturated carbocycles. The third-order valence-electron chi connectivity index (χ3n) is 3.36. The van der Waals surface area contributed by atoms with Gasteiger partial charge in [-0.15, -0.1) is 6.42 Å². The van der Waals surface area contributed by atoms with Crippen molar-refractivity contribution in [1.82, 2.24) is 4.90 Å². The number of terminal acetylenes is 1. The highest BCUT2D eigenvalue weighted by molar-refractivity contribution is 5.69.